The molecule has 0 radical (unpaired) electrons. The Labute approximate surface area is 132 Å². The van der Waals surface area contributed by atoms with Gasteiger partial charge in [-0.1, -0.05) is 30.3 Å². The Morgan fingerprint density at radius 3 is 2.48 bits per heavy atom. The van der Waals surface area contributed by atoms with Crippen LogP contribution in [0.4, 0.5) is 0 Å². The lowest BCUT2D eigenvalue weighted by atomic mass is 9.92. The van der Waals surface area contributed by atoms with Gasteiger partial charge >= 0.3 is 0 Å². The Balaban J connectivity index is 1.54. The highest BCUT2D eigenvalue weighted by atomic mass is 32.2. The molecular formula is C17H27N3S. The zero-order chi connectivity index (χ0) is 14.5. The van der Waals surface area contributed by atoms with E-state index in [1.54, 1.807) is 0 Å². The van der Waals surface area contributed by atoms with E-state index in [0.29, 0.717) is 0 Å². The summed E-state index contributed by atoms with van der Waals surface area (Å²) < 4.78 is 0. The molecule has 2 aliphatic rings. The first-order chi connectivity index (χ1) is 10.3. The fraction of sp³-hybridized carbons (Fsp3) is 0.647. The second-order valence-electron chi connectivity index (χ2n) is 6.33. The lowest BCUT2D eigenvalue weighted by Gasteiger charge is -2.49. The molecule has 116 valence electrons. The van der Waals surface area contributed by atoms with Crippen LogP contribution in [0.5, 0.6) is 0 Å². The lowest BCUT2D eigenvalue weighted by Crippen LogP contribution is -2.62. The van der Waals surface area contributed by atoms with Crippen molar-refractivity contribution >= 4 is 11.8 Å². The predicted molar refractivity (Wildman–Crippen MR) is 91.6 cm³/mol. The van der Waals surface area contributed by atoms with E-state index >= 15 is 0 Å². The van der Waals surface area contributed by atoms with Crippen molar-refractivity contribution in [2.45, 2.75) is 24.9 Å². The maximum atomic E-state index is 6.16. The highest BCUT2D eigenvalue weighted by Crippen LogP contribution is 2.32. The minimum Gasteiger partial charge on any atom is -0.329 e. The average molecular weight is 305 g/mol. The highest BCUT2D eigenvalue weighted by molar-refractivity contribution is 7.99. The van der Waals surface area contributed by atoms with Crippen molar-refractivity contribution in [3.63, 3.8) is 0 Å². The molecule has 3 nitrogen and oxygen atoms in total. The number of piperazine rings is 1. The van der Waals surface area contributed by atoms with Crippen molar-refractivity contribution in [2.24, 2.45) is 5.73 Å². The summed E-state index contributed by atoms with van der Waals surface area (Å²) >= 11 is 2.09. The van der Waals surface area contributed by atoms with Gasteiger partial charge in [0.2, 0.25) is 0 Å². The van der Waals surface area contributed by atoms with Gasteiger partial charge in [0.05, 0.1) is 0 Å². The first-order valence-corrected chi connectivity index (χ1v) is 9.27. The zero-order valence-corrected chi connectivity index (χ0v) is 13.7. The van der Waals surface area contributed by atoms with Gasteiger partial charge in [-0.05, 0) is 24.2 Å². The van der Waals surface area contributed by atoms with Gasteiger partial charge < -0.3 is 5.73 Å². The highest BCUT2D eigenvalue weighted by Gasteiger charge is 2.38. The molecule has 21 heavy (non-hydrogen) atoms. The van der Waals surface area contributed by atoms with Crippen molar-refractivity contribution < 1.29 is 0 Å². The molecule has 4 heteroatoms. The minimum absolute atomic E-state index is 0.280. The second-order valence-corrected chi connectivity index (χ2v) is 7.44. The standard InChI is InChI=1S/C17H27N3S/c18-14-17(7-4-12-21-15-17)20-10-8-19(9-11-20)13-16-5-2-1-3-6-16/h1-3,5-6H,4,7-15,18H2. The van der Waals surface area contributed by atoms with Crippen molar-refractivity contribution in [1.29, 1.82) is 0 Å². The van der Waals surface area contributed by atoms with Crippen LogP contribution in [0.1, 0.15) is 18.4 Å². The van der Waals surface area contributed by atoms with Crippen LogP contribution in [-0.2, 0) is 6.54 Å². The molecular weight excluding hydrogens is 278 g/mol. The zero-order valence-electron chi connectivity index (χ0n) is 12.8. The first kappa shape index (κ1) is 15.3. The van der Waals surface area contributed by atoms with Crippen LogP contribution in [0.25, 0.3) is 0 Å². The summed E-state index contributed by atoms with van der Waals surface area (Å²) in [5, 5.41) is 0. The van der Waals surface area contributed by atoms with E-state index in [1.807, 2.05) is 0 Å². The van der Waals surface area contributed by atoms with Crippen LogP contribution in [0.3, 0.4) is 0 Å². The van der Waals surface area contributed by atoms with Crippen LogP contribution < -0.4 is 5.73 Å². The van der Waals surface area contributed by atoms with Crippen LogP contribution in [-0.4, -0.2) is 59.6 Å². The largest absolute Gasteiger partial charge is 0.329 e. The third kappa shape index (κ3) is 3.62. The van der Waals surface area contributed by atoms with Crippen molar-refractivity contribution in [1.82, 2.24) is 9.80 Å². The van der Waals surface area contributed by atoms with Crippen molar-refractivity contribution in [3.05, 3.63) is 35.9 Å². The van der Waals surface area contributed by atoms with E-state index in [0.717, 1.165) is 13.1 Å². The summed E-state index contributed by atoms with van der Waals surface area (Å²) in [7, 11) is 0. The van der Waals surface area contributed by atoms with Crippen LogP contribution in [0, 0.1) is 0 Å². The summed E-state index contributed by atoms with van der Waals surface area (Å²) in [5.74, 6) is 2.54. The van der Waals surface area contributed by atoms with Gasteiger partial charge in [-0.25, -0.2) is 0 Å². The van der Waals surface area contributed by atoms with Crippen LogP contribution in [0.2, 0.25) is 0 Å². The molecule has 1 unspecified atom stereocenters. The maximum Gasteiger partial charge on any atom is 0.0423 e. The summed E-state index contributed by atoms with van der Waals surface area (Å²) in [6.45, 7) is 6.58. The number of thioether (sulfide) groups is 1. The van der Waals surface area contributed by atoms with E-state index in [-0.39, 0.29) is 5.54 Å². The van der Waals surface area contributed by atoms with E-state index in [9.17, 15) is 0 Å². The third-order valence-corrected chi connectivity index (χ3v) is 6.29. The first-order valence-electron chi connectivity index (χ1n) is 8.12. The number of nitrogens with zero attached hydrogens (tertiary/aromatic N) is 2. The number of hydrogen-bond donors (Lipinski definition) is 1. The van der Waals surface area contributed by atoms with Crippen LogP contribution in [0.15, 0.2) is 30.3 Å². The Hall–Kier alpha value is -0.550. The van der Waals surface area contributed by atoms with E-state index in [2.05, 4.69) is 51.9 Å². The van der Waals surface area contributed by atoms with E-state index in [4.69, 9.17) is 5.73 Å². The van der Waals surface area contributed by atoms with E-state index < -0.39 is 0 Å². The monoisotopic (exact) mass is 305 g/mol. The molecule has 0 amide bonds. The minimum atomic E-state index is 0.280. The van der Waals surface area contributed by atoms with Crippen molar-refractivity contribution in [2.75, 3.05) is 44.2 Å². The summed E-state index contributed by atoms with van der Waals surface area (Å²) in [5.41, 5.74) is 7.86. The Morgan fingerprint density at radius 2 is 1.86 bits per heavy atom. The molecule has 2 saturated heterocycles. The van der Waals surface area contributed by atoms with Gasteiger partial charge in [-0.2, -0.15) is 11.8 Å². The van der Waals surface area contributed by atoms with Gasteiger partial charge in [0.15, 0.2) is 0 Å². The Morgan fingerprint density at radius 1 is 1.10 bits per heavy atom. The molecule has 1 aromatic carbocycles. The summed E-state index contributed by atoms with van der Waals surface area (Å²) in [6.07, 6.45) is 2.61. The maximum absolute atomic E-state index is 6.16. The molecule has 1 aromatic rings. The molecule has 2 N–H and O–H groups in total. The molecule has 0 bridgehead atoms. The predicted octanol–water partition coefficient (Wildman–Crippen LogP) is 2.03. The molecule has 0 aliphatic carbocycles. The van der Waals surface area contributed by atoms with Crippen molar-refractivity contribution in [3.8, 4) is 0 Å². The van der Waals surface area contributed by atoms with Gasteiger partial charge in [0, 0.05) is 50.6 Å². The van der Waals surface area contributed by atoms with E-state index in [1.165, 1.54) is 56.1 Å². The molecule has 0 spiro atoms. The topological polar surface area (TPSA) is 32.5 Å². The van der Waals surface area contributed by atoms with Crippen LogP contribution >= 0.6 is 11.8 Å². The summed E-state index contributed by atoms with van der Waals surface area (Å²) in [6, 6.07) is 10.8. The number of rotatable bonds is 4. The van der Waals surface area contributed by atoms with Gasteiger partial charge in [-0.3, -0.25) is 9.80 Å². The van der Waals surface area contributed by atoms with Gasteiger partial charge in [-0.15, -0.1) is 0 Å². The molecule has 2 fully saturated rings. The average Bonchev–Trinajstić information content (AvgIpc) is 2.57. The molecule has 0 saturated carbocycles. The molecule has 3 rings (SSSR count). The number of benzene rings is 1. The SMILES string of the molecule is NCC1(N2CCN(Cc3ccccc3)CC2)CCCSC1. The molecule has 1 atom stereocenters. The molecule has 2 aliphatic heterocycles. The Kier molecular flexibility index (Phi) is 5.22. The third-order valence-electron chi connectivity index (χ3n) is 4.97. The quantitative estimate of drug-likeness (QED) is 0.922. The fourth-order valence-corrected chi connectivity index (χ4v) is 4.92. The number of nitrogens with two attached hydrogens (primary N) is 1. The summed E-state index contributed by atoms with van der Waals surface area (Å²) in [4.78, 5) is 5.26. The second kappa shape index (κ2) is 7.14. The number of hydrogen-bond acceptors (Lipinski definition) is 4. The lowest BCUT2D eigenvalue weighted by molar-refractivity contribution is 0.0397. The molecule has 0 aromatic heterocycles. The smallest absolute Gasteiger partial charge is 0.0423 e. The molecule has 2 heterocycles. The van der Waals surface area contributed by atoms with Gasteiger partial charge in [0.1, 0.15) is 0 Å². The normalized spacial score (nSPS) is 28.6. The van der Waals surface area contributed by atoms with Gasteiger partial charge in [0.25, 0.3) is 0 Å². The fourth-order valence-electron chi connectivity index (χ4n) is 3.60. The Bertz CT molecular complexity index is 423.